The van der Waals surface area contributed by atoms with Gasteiger partial charge in [-0.2, -0.15) is 0 Å². The molecule has 0 spiro atoms. The third kappa shape index (κ3) is 2.53. The number of methoxy groups -OCH3 is 1. The third-order valence-electron chi connectivity index (χ3n) is 3.61. The summed E-state index contributed by atoms with van der Waals surface area (Å²) in [5, 5.41) is 16.8. The van der Waals surface area contributed by atoms with Crippen molar-refractivity contribution in [1.29, 1.82) is 0 Å². The van der Waals surface area contributed by atoms with Gasteiger partial charge in [0.05, 0.1) is 18.3 Å². The first kappa shape index (κ1) is 13.0. The summed E-state index contributed by atoms with van der Waals surface area (Å²) >= 11 is 0. The van der Waals surface area contributed by atoms with Crippen LogP contribution in [0.4, 0.5) is 0 Å². The largest absolute Gasteiger partial charge is 0.476 e. The lowest BCUT2D eigenvalue weighted by atomic mass is 9.87. The lowest BCUT2D eigenvalue weighted by molar-refractivity contribution is 0.0684. The molecule has 1 aliphatic rings. The highest BCUT2D eigenvalue weighted by Crippen LogP contribution is 2.32. The number of nitrogens with zero attached hydrogens (tertiary/aromatic N) is 3. The van der Waals surface area contributed by atoms with Gasteiger partial charge in [-0.25, -0.2) is 9.48 Å². The van der Waals surface area contributed by atoms with Crippen LogP contribution < -0.4 is 0 Å². The van der Waals surface area contributed by atoms with Crippen LogP contribution in [0.5, 0.6) is 0 Å². The van der Waals surface area contributed by atoms with Gasteiger partial charge in [-0.05, 0) is 31.6 Å². The summed E-state index contributed by atoms with van der Waals surface area (Å²) in [5.41, 5.74) is 0.583. The number of carbonyl (C=O) groups is 1. The molecule has 100 valence electrons. The summed E-state index contributed by atoms with van der Waals surface area (Å²) in [6.07, 6.45) is 4.36. The fraction of sp³-hybridized carbons (Fsp3) is 0.750. The minimum absolute atomic E-state index is 0.00970. The minimum Gasteiger partial charge on any atom is -0.476 e. The number of aromatic carboxylic acids is 1. The highest BCUT2D eigenvalue weighted by Gasteiger charge is 2.26. The van der Waals surface area contributed by atoms with E-state index in [1.807, 2.05) is 0 Å². The normalized spacial score (nSPS) is 24.1. The van der Waals surface area contributed by atoms with Crippen LogP contribution >= 0.6 is 0 Å². The van der Waals surface area contributed by atoms with E-state index < -0.39 is 5.97 Å². The molecule has 1 heterocycles. The second kappa shape index (κ2) is 5.48. The van der Waals surface area contributed by atoms with Gasteiger partial charge < -0.3 is 9.84 Å². The first-order valence-corrected chi connectivity index (χ1v) is 6.29. The van der Waals surface area contributed by atoms with E-state index in [9.17, 15) is 4.79 Å². The predicted molar refractivity (Wildman–Crippen MR) is 64.4 cm³/mol. The number of ether oxygens (including phenoxy) is 1. The molecule has 0 unspecified atom stereocenters. The molecule has 0 aliphatic heterocycles. The Balaban J connectivity index is 2.24. The molecule has 6 heteroatoms. The maximum absolute atomic E-state index is 11.1. The molecule has 6 nitrogen and oxygen atoms in total. The van der Waals surface area contributed by atoms with Crippen LogP contribution in [0.3, 0.4) is 0 Å². The molecule has 0 radical (unpaired) electrons. The Morgan fingerprint density at radius 2 is 2.11 bits per heavy atom. The summed E-state index contributed by atoms with van der Waals surface area (Å²) in [4.78, 5) is 11.1. The zero-order valence-corrected chi connectivity index (χ0v) is 10.8. The monoisotopic (exact) mass is 253 g/mol. The standard InChI is InChI=1S/C12H19N3O3/c1-8-3-5-9(6-4-8)15-10(7-18-2)11(12(16)17)13-14-15/h8-9H,3-7H2,1-2H3,(H,16,17). The van der Waals surface area contributed by atoms with Crippen LogP contribution in [-0.4, -0.2) is 33.2 Å². The summed E-state index contributed by atoms with van der Waals surface area (Å²) in [6.45, 7) is 2.48. The van der Waals surface area contributed by atoms with Crippen LogP contribution in [0.2, 0.25) is 0 Å². The lowest BCUT2D eigenvalue weighted by Gasteiger charge is -2.27. The zero-order valence-electron chi connectivity index (χ0n) is 10.8. The van der Waals surface area contributed by atoms with E-state index in [0.29, 0.717) is 5.69 Å². The summed E-state index contributed by atoms with van der Waals surface area (Å²) < 4.78 is 6.81. The SMILES string of the molecule is COCc1c(C(=O)O)nnn1C1CCC(C)CC1. The van der Waals surface area contributed by atoms with Crippen molar-refractivity contribution in [2.24, 2.45) is 5.92 Å². The van der Waals surface area contributed by atoms with Crippen LogP contribution in [0.1, 0.15) is 54.8 Å². The number of carboxylic acid groups (broad SMARTS) is 1. The van der Waals surface area contributed by atoms with Gasteiger partial charge in [0, 0.05) is 7.11 Å². The number of hydrogen-bond acceptors (Lipinski definition) is 4. The fourth-order valence-corrected chi connectivity index (χ4v) is 2.53. The fourth-order valence-electron chi connectivity index (χ4n) is 2.53. The maximum Gasteiger partial charge on any atom is 0.358 e. The highest BCUT2D eigenvalue weighted by atomic mass is 16.5. The average Bonchev–Trinajstić information content (AvgIpc) is 2.74. The van der Waals surface area contributed by atoms with Gasteiger partial charge in [-0.3, -0.25) is 0 Å². The van der Waals surface area contributed by atoms with Crippen molar-refractivity contribution in [1.82, 2.24) is 15.0 Å². The quantitative estimate of drug-likeness (QED) is 0.886. The Labute approximate surface area is 106 Å². The molecule has 1 fully saturated rings. The predicted octanol–water partition coefficient (Wildman–Crippen LogP) is 1.87. The van der Waals surface area contributed by atoms with Gasteiger partial charge in [0.1, 0.15) is 0 Å². The number of rotatable bonds is 4. The van der Waals surface area contributed by atoms with Crippen molar-refractivity contribution >= 4 is 5.97 Å². The summed E-state index contributed by atoms with van der Waals surface area (Å²) in [5.74, 6) is -0.299. The molecule has 18 heavy (non-hydrogen) atoms. The number of hydrogen-bond donors (Lipinski definition) is 1. The first-order valence-electron chi connectivity index (χ1n) is 6.29. The number of aromatic nitrogens is 3. The molecule has 0 saturated heterocycles. The van der Waals surface area contributed by atoms with Crippen LogP contribution in [0.15, 0.2) is 0 Å². The zero-order chi connectivity index (χ0) is 13.1. The van der Waals surface area contributed by atoms with Gasteiger partial charge in [0.2, 0.25) is 0 Å². The summed E-state index contributed by atoms with van der Waals surface area (Å²) in [6, 6.07) is 0.256. The Morgan fingerprint density at radius 1 is 1.44 bits per heavy atom. The number of carboxylic acids is 1. The molecule has 1 saturated carbocycles. The van der Waals surface area contributed by atoms with E-state index in [0.717, 1.165) is 31.6 Å². The van der Waals surface area contributed by atoms with E-state index in [4.69, 9.17) is 9.84 Å². The van der Waals surface area contributed by atoms with Crippen LogP contribution in [0.25, 0.3) is 0 Å². The van der Waals surface area contributed by atoms with Crippen molar-refractivity contribution in [3.63, 3.8) is 0 Å². The van der Waals surface area contributed by atoms with Crippen molar-refractivity contribution in [3.8, 4) is 0 Å². The molecule has 0 bridgehead atoms. The first-order chi connectivity index (χ1) is 8.63. The topological polar surface area (TPSA) is 77.2 Å². The molecule has 0 atom stereocenters. The van der Waals surface area contributed by atoms with E-state index in [1.54, 1.807) is 11.8 Å². The maximum atomic E-state index is 11.1. The van der Waals surface area contributed by atoms with E-state index >= 15 is 0 Å². The van der Waals surface area contributed by atoms with Gasteiger partial charge in [0.15, 0.2) is 5.69 Å². The third-order valence-corrected chi connectivity index (χ3v) is 3.61. The second-order valence-corrected chi connectivity index (χ2v) is 4.98. The Morgan fingerprint density at radius 3 is 2.67 bits per heavy atom. The molecular formula is C12H19N3O3. The van der Waals surface area contributed by atoms with E-state index in [2.05, 4.69) is 17.2 Å². The highest BCUT2D eigenvalue weighted by molar-refractivity contribution is 5.86. The van der Waals surface area contributed by atoms with Gasteiger partial charge in [-0.15, -0.1) is 5.10 Å². The van der Waals surface area contributed by atoms with Crippen molar-refractivity contribution in [3.05, 3.63) is 11.4 Å². The average molecular weight is 253 g/mol. The Bertz CT molecular complexity index is 422. The molecule has 0 amide bonds. The molecule has 2 rings (SSSR count). The van der Waals surface area contributed by atoms with E-state index in [1.165, 1.54) is 0 Å². The van der Waals surface area contributed by atoms with Crippen molar-refractivity contribution in [2.75, 3.05) is 7.11 Å². The van der Waals surface area contributed by atoms with Crippen LogP contribution in [-0.2, 0) is 11.3 Å². The lowest BCUT2D eigenvalue weighted by Crippen LogP contribution is -2.20. The summed E-state index contributed by atoms with van der Waals surface area (Å²) in [7, 11) is 1.55. The van der Waals surface area contributed by atoms with E-state index in [-0.39, 0.29) is 18.3 Å². The van der Waals surface area contributed by atoms with Crippen LogP contribution in [0, 0.1) is 5.92 Å². The minimum atomic E-state index is -1.04. The van der Waals surface area contributed by atoms with Gasteiger partial charge in [0.25, 0.3) is 0 Å². The molecule has 0 aromatic carbocycles. The molecule has 1 N–H and O–H groups in total. The van der Waals surface area contributed by atoms with Crippen molar-refractivity contribution in [2.45, 2.75) is 45.3 Å². The van der Waals surface area contributed by atoms with Gasteiger partial charge >= 0.3 is 5.97 Å². The molecule has 1 aromatic heterocycles. The molecule has 1 aromatic rings. The molecular weight excluding hydrogens is 234 g/mol. The van der Waals surface area contributed by atoms with Crippen molar-refractivity contribution < 1.29 is 14.6 Å². The Hall–Kier alpha value is -1.43. The Kier molecular flexibility index (Phi) is 3.96. The molecule has 1 aliphatic carbocycles. The second-order valence-electron chi connectivity index (χ2n) is 4.98. The smallest absolute Gasteiger partial charge is 0.358 e. The van der Waals surface area contributed by atoms with Gasteiger partial charge in [-0.1, -0.05) is 12.1 Å².